The van der Waals surface area contributed by atoms with Gasteiger partial charge in [-0.1, -0.05) is 24.3 Å². The van der Waals surface area contributed by atoms with Gasteiger partial charge in [0.25, 0.3) is 0 Å². The van der Waals surface area contributed by atoms with E-state index >= 15 is 0 Å². The van der Waals surface area contributed by atoms with Crippen LogP contribution in [0.4, 0.5) is 4.79 Å². The molecule has 6 nitrogen and oxygen atoms in total. The number of hydrogen-bond acceptors (Lipinski definition) is 2. The zero-order chi connectivity index (χ0) is 21.2. The van der Waals surface area contributed by atoms with Crippen LogP contribution in [-0.2, 0) is 11.3 Å². The lowest BCUT2D eigenvalue weighted by Crippen LogP contribution is -2.53. The molecule has 0 fully saturated rings. The van der Waals surface area contributed by atoms with E-state index in [1.165, 1.54) is 0 Å². The number of nitrogens with one attached hydrogen (secondary N) is 1. The summed E-state index contributed by atoms with van der Waals surface area (Å²) >= 11 is 0. The molecule has 3 amide bonds. The van der Waals surface area contributed by atoms with Gasteiger partial charge in [0, 0.05) is 37.1 Å². The van der Waals surface area contributed by atoms with Gasteiger partial charge in [-0.2, -0.15) is 0 Å². The molecule has 6 heteroatoms. The first kappa shape index (κ1) is 21.0. The SMILES string of the molecule is CCN(CC(=O)N1CCn2cccc2C1c1ccccc1C)C(=O)NC(C)(C)C. The maximum atomic E-state index is 13.4. The predicted molar refractivity (Wildman–Crippen MR) is 115 cm³/mol. The van der Waals surface area contributed by atoms with Crippen molar-refractivity contribution in [3.8, 4) is 0 Å². The summed E-state index contributed by atoms with van der Waals surface area (Å²) < 4.78 is 2.21. The van der Waals surface area contributed by atoms with Crippen LogP contribution in [0.15, 0.2) is 42.6 Å². The smallest absolute Gasteiger partial charge is 0.318 e. The number of hydrogen-bond donors (Lipinski definition) is 1. The van der Waals surface area contributed by atoms with Crippen LogP contribution in [0, 0.1) is 6.92 Å². The maximum Gasteiger partial charge on any atom is 0.318 e. The van der Waals surface area contributed by atoms with Crippen molar-refractivity contribution in [3.63, 3.8) is 0 Å². The van der Waals surface area contributed by atoms with Crippen LogP contribution in [0.3, 0.4) is 0 Å². The van der Waals surface area contributed by atoms with Crippen molar-refractivity contribution < 1.29 is 9.59 Å². The number of carbonyl (C=O) groups is 2. The molecule has 0 aliphatic carbocycles. The first-order valence-corrected chi connectivity index (χ1v) is 10.3. The standard InChI is InChI=1S/C23H32N4O2/c1-6-25(22(29)24-23(3,4)5)16-20(28)27-15-14-26-13-9-12-19(26)21(27)18-11-8-7-10-17(18)2/h7-13,21H,6,14-16H2,1-5H3,(H,24,29). The second-order valence-electron chi connectivity index (χ2n) is 8.67. The Balaban J connectivity index is 1.87. The lowest BCUT2D eigenvalue weighted by molar-refractivity contribution is -0.134. The van der Waals surface area contributed by atoms with Crippen LogP contribution in [0.25, 0.3) is 0 Å². The van der Waals surface area contributed by atoms with E-state index in [-0.39, 0.29) is 30.1 Å². The fraction of sp³-hybridized carbons (Fsp3) is 0.478. The van der Waals surface area contributed by atoms with E-state index in [0.29, 0.717) is 13.1 Å². The van der Waals surface area contributed by atoms with E-state index in [4.69, 9.17) is 0 Å². The summed E-state index contributed by atoms with van der Waals surface area (Å²) in [6.45, 7) is 11.7. The van der Waals surface area contributed by atoms with E-state index < -0.39 is 0 Å². The first-order chi connectivity index (χ1) is 13.7. The summed E-state index contributed by atoms with van der Waals surface area (Å²) in [7, 11) is 0. The Morgan fingerprint density at radius 3 is 2.52 bits per heavy atom. The van der Waals surface area contributed by atoms with Gasteiger partial charge in [0.15, 0.2) is 0 Å². The average Bonchev–Trinajstić information content (AvgIpc) is 3.13. The molecule has 2 heterocycles. The van der Waals surface area contributed by atoms with Gasteiger partial charge in [-0.15, -0.1) is 0 Å². The fourth-order valence-corrected chi connectivity index (χ4v) is 3.85. The highest BCUT2D eigenvalue weighted by molar-refractivity contribution is 5.85. The molecule has 1 atom stereocenters. The van der Waals surface area contributed by atoms with Crippen LogP contribution < -0.4 is 5.32 Å². The molecule has 0 saturated heterocycles. The highest BCUT2D eigenvalue weighted by Gasteiger charge is 2.34. The molecule has 156 valence electrons. The van der Waals surface area contributed by atoms with E-state index in [1.807, 2.05) is 50.8 Å². The predicted octanol–water partition coefficient (Wildman–Crippen LogP) is 3.56. The summed E-state index contributed by atoms with van der Waals surface area (Å²) in [6.07, 6.45) is 2.07. The van der Waals surface area contributed by atoms with E-state index in [0.717, 1.165) is 23.4 Å². The summed E-state index contributed by atoms with van der Waals surface area (Å²) in [5.74, 6) is -0.0309. The number of nitrogens with zero attached hydrogens (tertiary/aromatic N) is 3. The van der Waals surface area contributed by atoms with Gasteiger partial charge in [-0.3, -0.25) is 4.79 Å². The number of carbonyl (C=O) groups excluding carboxylic acids is 2. The van der Waals surface area contributed by atoms with Crippen molar-refractivity contribution in [3.05, 3.63) is 59.4 Å². The number of likely N-dealkylation sites (N-methyl/N-ethyl adjacent to an activating group) is 1. The molecule has 1 unspecified atom stereocenters. The fourth-order valence-electron chi connectivity index (χ4n) is 3.85. The second-order valence-corrected chi connectivity index (χ2v) is 8.67. The summed E-state index contributed by atoms with van der Waals surface area (Å²) in [5.41, 5.74) is 3.05. The Bertz CT molecular complexity index is 881. The third-order valence-electron chi connectivity index (χ3n) is 5.32. The van der Waals surface area contributed by atoms with Gasteiger partial charge in [-0.25, -0.2) is 4.79 Å². The lowest BCUT2D eigenvalue weighted by atomic mass is 9.95. The number of benzene rings is 1. The number of fused-ring (bicyclic) bond motifs is 1. The van der Waals surface area contributed by atoms with Gasteiger partial charge in [0.2, 0.25) is 5.91 Å². The molecule has 1 aromatic carbocycles. The van der Waals surface area contributed by atoms with Crippen LogP contribution >= 0.6 is 0 Å². The quantitative estimate of drug-likeness (QED) is 0.859. The highest BCUT2D eigenvalue weighted by atomic mass is 16.2. The molecule has 1 aliphatic heterocycles. The van der Waals surface area contributed by atoms with Crippen LogP contribution in [0.2, 0.25) is 0 Å². The molecule has 1 aliphatic rings. The first-order valence-electron chi connectivity index (χ1n) is 10.3. The van der Waals surface area contributed by atoms with Gasteiger partial charge in [0.05, 0.1) is 6.04 Å². The highest BCUT2D eigenvalue weighted by Crippen LogP contribution is 2.34. The average molecular weight is 397 g/mol. The molecule has 29 heavy (non-hydrogen) atoms. The Hall–Kier alpha value is -2.76. The van der Waals surface area contributed by atoms with E-state index in [2.05, 4.69) is 41.2 Å². The molecule has 0 bridgehead atoms. The molecule has 3 rings (SSSR count). The Morgan fingerprint density at radius 2 is 1.86 bits per heavy atom. The number of aryl methyl sites for hydroxylation is 1. The molecule has 1 N–H and O–H groups in total. The summed E-state index contributed by atoms with van der Waals surface area (Å²) in [6, 6.07) is 12.0. The third kappa shape index (κ3) is 4.63. The minimum Gasteiger partial charge on any atom is -0.348 e. The topological polar surface area (TPSA) is 57.6 Å². The minimum atomic E-state index is -0.344. The largest absolute Gasteiger partial charge is 0.348 e. The zero-order valence-corrected chi connectivity index (χ0v) is 18.1. The lowest BCUT2D eigenvalue weighted by Gasteiger charge is -2.39. The van der Waals surface area contributed by atoms with Gasteiger partial charge < -0.3 is 19.7 Å². The molecular formula is C23H32N4O2. The molecule has 0 spiro atoms. The van der Waals surface area contributed by atoms with Crippen molar-refractivity contribution >= 4 is 11.9 Å². The molecular weight excluding hydrogens is 364 g/mol. The van der Waals surface area contributed by atoms with E-state index in [9.17, 15) is 9.59 Å². The maximum absolute atomic E-state index is 13.4. The van der Waals surface area contributed by atoms with Crippen LogP contribution in [0.5, 0.6) is 0 Å². The second kappa shape index (κ2) is 8.31. The van der Waals surface area contributed by atoms with Crippen LogP contribution in [-0.4, -0.2) is 51.5 Å². The van der Waals surface area contributed by atoms with Crippen molar-refractivity contribution in [1.82, 2.24) is 19.7 Å². The minimum absolute atomic E-state index is 0.0309. The monoisotopic (exact) mass is 396 g/mol. The molecule has 1 aromatic heterocycles. The number of rotatable bonds is 4. The van der Waals surface area contributed by atoms with Crippen molar-refractivity contribution in [1.29, 1.82) is 0 Å². The van der Waals surface area contributed by atoms with Gasteiger partial charge >= 0.3 is 6.03 Å². The van der Waals surface area contributed by atoms with E-state index in [1.54, 1.807) is 4.90 Å². The zero-order valence-electron chi connectivity index (χ0n) is 18.1. The van der Waals surface area contributed by atoms with Crippen molar-refractivity contribution in [2.24, 2.45) is 0 Å². The number of amides is 3. The van der Waals surface area contributed by atoms with Crippen molar-refractivity contribution in [2.45, 2.75) is 52.7 Å². The number of urea groups is 1. The Labute approximate surface area is 173 Å². The van der Waals surface area contributed by atoms with Crippen molar-refractivity contribution in [2.75, 3.05) is 19.6 Å². The Morgan fingerprint density at radius 1 is 1.14 bits per heavy atom. The normalized spacial score (nSPS) is 16.3. The van der Waals surface area contributed by atoms with Crippen LogP contribution in [0.1, 0.15) is 50.6 Å². The summed E-state index contributed by atoms with van der Waals surface area (Å²) in [4.78, 5) is 29.5. The molecule has 0 saturated carbocycles. The van der Waals surface area contributed by atoms with Gasteiger partial charge in [-0.05, 0) is 57.9 Å². The van der Waals surface area contributed by atoms with Gasteiger partial charge in [0.1, 0.15) is 6.54 Å². The Kier molecular flexibility index (Phi) is 6.01. The molecule has 2 aromatic rings. The molecule has 0 radical (unpaired) electrons. The summed E-state index contributed by atoms with van der Waals surface area (Å²) in [5, 5.41) is 2.95. The number of aromatic nitrogens is 1. The third-order valence-corrected chi connectivity index (χ3v) is 5.32.